The smallest absolute Gasteiger partial charge is 0.384 e. The van der Waals surface area contributed by atoms with Gasteiger partial charge >= 0.3 is 7.82 Å². The third-order valence-corrected chi connectivity index (χ3v) is 11.1. The fourth-order valence-electron chi connectivity index (χ4n) is 4.02. The summed E-state index contributed by atoms with van der Waals surface area (Å²) in [6.45, 7) is 0. The molecule has 0 spiro atoms. The van der Waals surface area contributed by atoms with Gasteiger partial charge in [-0.2, -0.15) is 4.57 Å². The first-order chi connectivity index (χ1) is 18.1. The number of phosphoric acid groups is 1. The Morgan fingerprint density at radius 3 is 1.13 bits per heavy atom. The SMILES string of the molecule is O=P(Oc1c[nH]c2ccc(Cl)c(Br)c12)(Oc1c[nH]c2ccc(Cl)c(Br)c12)Oc1c[nH]c2ccc(Cl)c(Br)c12. The van der Waals surface area contributed by atoms with Crippen molar-refractivity contribution in [2.24, 2.45) is 0 Å². The maximum absolute atomic E-state index is 14.5. The molecule has 6 rings (SSSR count). The second kappa shape index (κ2) is 10.0. The molecule has 0 saturated carbocycles. The van der Waals surface area contributed by atoms with Crippen LogP contribution in [0.3, 0.4) is 0 Å². The van der Waals surface area contributed by atoms with Crippen LogP contribution in [0, 0.1) is 0 Å². The van der Waals surface area contributed by atoms with Crippen LogP contribution in [-0.2, 0) is 4.57 Å². The number of nitrogens with one attached hydrogen (secondary N) is 3. The molecule has 0 saturated heterocycles. The average Bonchev–Trinajstić information content (AvgIpc) is 3.59. The third-order valence-electron chi connectivity index (χ3n) is 5.73. The van der Waals surface area contributed by atoms with Crippen molar-refractivity contribution in [3.8, 4) is 17.2 Å². The number of aromatic nitrogens is 3. The Kier molecular flexibility index (Phi) is 6.96. The lowest BCUT2D eigenvalue weighted by Gasteiger charge is -2.19. The van der Waals surface area contributed by atoms with Crippen LogP contribution in [0.4, 0.5) is 0 Å². The molecule has 3 N–H and O–H groups in total. The summed E-state index contributed by atoms with van der Waals surface area (Å²) in [6, 6.07) is 10.5. The van der Waals surface area contributed by atoms with Crippen LogP contribution in [0.2, 0.25) is 15.1 Å². The van der Waals surface area contributed by atoms with Crippen molar-refractivity contribution in [3.63, 3.8) is 0 Å². The van der Waals surface area contributed by atoms with Crippen LogP contribution in [0.5, 0.6) is 17.2 Å². The van der Waals surface area contributed by atoms with Crippen molar-refractivity contribution < 1.29 is 18.1 Å². The highest BCUT2D eigenvalue weighted by atomic mass is 79.9. The number of H-pyrrole nitrogens is 3. The second-order valence-electron chi connectivity index (χ2n) is 8.03. The molecule has 14 heteroatoms. The van der Waals surface area contributed by atoms with Gasteiger partial charge in [0.1, 0.15) is 0 Å². The topological polar surface area (TPSA) is 92.1 Å². The van der Waals surface area contributed by atoms with E-state index in [0.717, 1.165) is 0 Å². The molecule has 3 heterocycles. The van der Waals surface area contributed by atoms with Crippen molar-refractivity contribution in [3.05, 3.63) is 83.5 Å². The Labute approximate surface area is 255 Å². The molecule has 7 nitrogen and oxygen atoms in total. The summed E-state index contributed by atoms with van der Waals surface area (Å²) >= 11 is 29.4. The molecule has 0 bridgehead atoms. The predicted molar refractivity (Wildman–Crippen MR) is 163 cm³/mol. The maximum atomic E-state index is 14.5. The van der Waals surface area contributed by atoms with Crippen LogP contribution >= 0.6 is 90.4 Å². The van der Waals surface area contributed by atoms with Crippen LogP contribution in [0.1, 0.15) is 0 Å². The Hall–Kier alpha value is -1.78. The lowest BCUT2D eigenvalue weighted by atomic mass is 10.2. The summed E-state index contributed by atoms with van der Waals surface area (Å²) in [5.41, 5.74) is 2.10. The molecule has 3 aromatic heterocycles. The first-order valence-electron chi connectivity index (χ1n) is 10.7. The van der Waals surface area contributed by atoms with Gasteiger partial charge in [0, 0.05) is 32.0 Å². The summed E-state index contributed by atoms with van der Waals surface area (Å²) in [6.07, 6.45) is 4.65. The Morgan fingerprint density at radius 2 is 0.842 bits per heavy atom. The van der Waals surface area contributed by atoms with Crippen molar-refractivity contribution in [2.75, 3.05) is 0 Å². The Morgan fingerprint density at radius 1 is 0.553 bits per heavy atom. The fraction of sp³-hybridized carbons (Fsp3) is 0. The van der Waals surface area contributed by atoms with Crippen LogP contribution in [0.15, 0.2) is 68.4 Å². The number of hydrogen-bond donors (Lipinski definition) is 3. The molecule has 6 aromatic rings. The number of benzene rings is 3. The molecule has 0 fully saturated rings. The third kappa shape index (κ3) is 4.54. The Balaban J connectivity index is 1.50. The highest BCUT2D eigenvalue weighted by Crippen LogP contribution is 2.55. The van der Waals surface area contributed by atoms with Gasteiger partial charge in [0.15, 0.2) is 17.2 Å². The van der Waals surface area contributed by atoms with Crippen LogP contribution in [-0.4, -0.2) is 15.0 Å². The van der Waals surface area contributed by atoms with E-state index in [2.05, 4.69) is 62.7 Å². The van der Waals surface area contributed by atoms with Crippen LogP contribution < -0.4 is 13.6 Å². The van der Waals surface area contributed by atoms with Crippen LogP contribution in [0.25, 0.3) is 32.7 Å². The van der Waals surface area contributed by atoms with E-state index in [4.69, 9.17) is 48.4 Å². The zero-order chi connectivity index (χ0) is 26.8. The molecule has 0 atom stereocenters. The molecule has 0 unspecified atom stereocenters. The quantitative estimate of drug-likeness (QED) is 0.147. The summed E-state index contributed by atoms with van der Waals surface area (Å²) in [5, 5.41) is 3.04. The van der Waals surface area contributed by atoms with E-state index >= 15 is 0 Å². The van der Waals surface area contributed by atoms with Gasteiger partial charge in [0.05, 0.1) is 47.8 Å². The molecule has 0 aliphatic heterocycles. The number of halogens is 6. The van der Waals surface area contributed by atoms with Gasteiger partial charge in [-0.25, -0.2) is 0 Å². The molecule has 0 aliphatic rings. The van der Waals surface area contributed by atoms with Gasteiger partial charge in [-0.15, -0.1) is 0 Å². The van der Waals surface area contributed by atoms with E-state index in [1.165, 1.54) is 0 Å². The lowest BCUT2D eigenvalue weighted by Crippen LogP contribution is -2.07. The van der Waals surface area contributed by atoms with E-state index in [1.54, 1.807) is 55.0 Å². The van der Waals surface area contributed by atoms with Crippen molar-refractivity contribution in [1.82, 2.24) is 15.0 Å². The Bertz CT molecular complexity index is 1720. The highest BCUT2D eigenvalue weighted by Gasteiger charge is 2.37. The number of aromatic amines is 3. The van der Waals surface area contributed by atoms with E-state index in [-0.39, 0.29) is 17.2 Å². The molecule has 0 amide bonds. The van der Waals surface area contributed by atoms with Gasteiger partial charge in [-0.1, -0.05) is 34.8 Å². The minimum atomic E-state index is -4.46. The normalized spacial score (nSPS) is 12.1. The molecule has 3 aromatic carbocycles. The number of phosphoric ester groups is 1. The number of fused-ring (bicyclic) bond motifs is 3. The van der Waals surface area contributed by atoms with Gasteiger partial charge in [0.25, 0.3) is 0 Å². The molecular weight excluding hydrogens is 771 g/mol. The summed E-state index contributed by atoms with van der Waals surface area (Å²) in [7, 11) is -4.46. The maximum Gasteiger partial charge on any atom is 0.647 e. The van der Waals surface area contributed by atoms with Crippen molar-refractivity contribution in [2.45, 2.75) is 0 Å². The first kappa shape index (κ1) is 26.4. The molecular formula is C24H12Br3Cl3N3O4P. The van der Waals surface area contributed by atoms with Gasteiger partial charge in [0.2, 0.25) is 0 Å². The molecule has 0 radical (unpaired) electrons. The molecule has 194 valence electrons. The zero-order valence-electron chi connectivity index (χ0n) is 18.5. The van der Waals surface area contributed by atoms with E-state index in [1.807, 2.05) is 0 Å². The van der Waals surface area contributed by atoms with E-state index in [9.17, 15) is 4.57 Å². The second-order valence-corrected chi connectivity index (χ2v) is 13.1. The number of hydrogen-bond acceptors (Lipinski definition) is 4. The zero-order valence-corrected chi connectivity index (χ0v) is 26.5. The summed E-state index contributed by atoms with van der Waals surface area (Å²) < 4.78 is 34.3. The largest absolute Gasteiger partial charge is 0.647 e. The number of rotatable bonds is 6. The lowest BCUT2D eigenvalue weighted by molar-refractivity contribution is 0.302. The van der Waals surface area contributed by atoms with Crippen molar-refractivity contribution in [1.29, 1.82) is 0 Å². The van der Waals surface area contributed by atoms with Gasteiger partial charge in [-0.05, 0) is 84.2 Å². The fourth-order valence-corrected chi connectivity index (χ4v) is 7.38. The minimum absolute atomic E-state index is 0.201. The monoisotopic (exact) mass is 779 g/mol. The highest BCUT2D eigenvalue weighted by molar-refractivity contribution is 9.11. The summed E-state index contributed by atoms with van der Waals surface area (Å²) in [5.74, 6) is 0.602. The minimum Gasteiger partial charge on any atom is -0.384 e. The van der Waals surface area contributed by atoms with E-state index < -0.39 is 7.82 Å². The molecule has 38 heavy (non-hydrogen) atoms. The first-order valence-corrected chi connectivity index (χ1v) is 15.7. The van der Waals surface area contributed by atoms with Gasteiger partial charge < -0.3 is 28.5 Å². The van der Waals surface area contributed by atoms with Crippen molar-refractivity contribution >= 4 is 123 Å². The summed E-state index contributed by atoms with van der Waals surface area (Å²) in [4.78, 5) is 9.24. The average molecular weight is 783 g/mol. The van der Waals surface area contributed by atoms with E-state index in [0.29, 0.717) is 61.2 Å². The molecule has 0 aliphatic carbocycles. The predicted octanol–water partition coefficient (Wildman–Crippen LogP) is 11.0. The van der Waals surface area contributed by atoms with Gasteiger partial charge in [-0.3, -0.25) is 0 Å². The standard InChI is InChI=1S/C24H12Br3Cl3N3O4P/c25-22-10(28)1-4-13-19(22)16(7-31-13)35-38(34,36-17-8-32-14-5-2-11(29)23(26)20(14)17)37-18-9-33-15-6-3-12(30)24(27)21(15)18/h1-9,31-33H.